The van der Waals surface area contributed by atoms with Crippen LogP contribution in [-0.2, 0) is 5.33 Å². The predicted octanol–water partition coefficient (Wildman–Crippen LogP) is -0.458. The van der Waals surface area contributed by atoms with E-state index in [0.29, 0.717) is 0 Å². The standard InChI is InChI=1S/C9H9BrN2.BrH/c1-7-3-2-4-9-11-8(5-10)6-12(7)9;/h2-4,6H,5H2,1H3;1H/p-1. The van der Waals surface area contributed by atoms with Gasteiger partial charge in [-0.25, -0.2) is 4.98 Å². The quantitative estimate of drug-likeness (QED) is 0.652. The molecule has 0 bridgehead atoms. The van der Waals surface area contributed by atoms with Gasteiger partial charge in [-0.2, -0.15) is 0 Å². The molecule has 0 aliphatic heterocycles. The average molecular weight is 305 g/mol. The van der Waals surface area contributed by atoms with Crippen LogP contribution in [0, 0.1) is 6.92 Å². The lowest BCUT2D eigenvalue weighted by Gasteiger charge is -1.95. The molecule has 2 nitrogen and oxygen atoms in total. The molecule has 0 saturated heterocycles. The maximum atomic E-state index is 4.41. The number of aromatic nitrogens is 2. The van der Waals surface area contributed by atoms with E-state index in [9.17, 15) is 0 Å². The van der Waals surface area contributed by atoms with Crippen molar-refractivity contribution in [2.24, 2.45) is 0 Å². The highest BCUT2D eigenvalue weighted by Gasteiger charge is 1.99. The maximum absolute atomic E-state index is 4.41. The van der Waals surface area contributed by atoms with Crippen LogP contribution in [0.15, 0.2) is 24.4 Å². The largest absolute Gasteiger partial charge is 1.00 e. The summed E-state index contributed by atoms with van der Waals surface area (Å²) >= 11 is 3.38. The van der Waals surface area contributed by atoms with E-state index in [-0.39, 0.29) is 17.0 Å². The van der Waals surface area contributed by atoms with Gasteiger partial charge in [0.1, 0.15) is 5.65 Å². The molecule has 0 spiro atoms. The van der Waals surface area contributed by atoms with Crippen molar-refractivity contribution in [3.05, 3.63) is 35.8 Å². The van der Waals surface area contributed by atoms with E-state index in [0.717, 1.165) is 16.7 Å². The number of aryl methyl sites for hydroxylation is 1. The summed E-state index contributed by atoms with van der Waals surface area (Å²) in [5.74, 6) is 0. The van der Waals surface area contributed by atoms with Crippen LogP contribution in [0.4, 0.5) is 0 Å². The Kier molecular flexibility index (Phi) is 3.50. The highest BCUT2D eigenvalue weighted by Crippen LogP contribution is 2.10. The molecule has 0 fully saturated rings. The molecule has 13 heavy (non-hydrogen) atoms. The van der Waals surface area contributed by atoms with Gasteiger partial charge in [-0.3, -0.25) is 0 Å². The minimum Gasteiger partial charge on any atom is -1.00 e. The summed E-state index contributed by atoms with van der Waals surface area (Å²) in [5, 5.41) is 0.814. The van der Waals surface area contributed by atoms with Gasteiger partial charge in [0.15, 0.2) is 0 Å². The van der Waals surface area contributed by atoms with Crippen LogP contribution < -0.4 is 17.0 Å². The molecule has 70 valence electrons. The number of halogens is 2. The average Bonchev–Trinajstić information content (AvgIpc) is 2.49. The van der Waals surface area contributed by atoms with Crippen molar-refractivity contribution in [1.29, 1.82) is 0 Å². The summed E-state index contributed by atoms with van der Waals surface area (Å²) in [7, 11) is 0. The zero-order valence-electron chi connectivity index (χ0n) is 7.17. The minimum absolute atomic E-state index is 0. The molecule has 2 aromatic rings. The van der Waals surface area contributed by atoms with Gasteiger partial charge in [-0.15, -0.1) is 0 Å². The normalized spacial score (nSPS) is 10.0. The first-order chi connectivity index (χ1) is 5.81. The summed E-state index contributed by atoms with van der Waals surface area (Å²) in [6.07, 6.45) is 2.05. The van der Waals surface area contributed by atoms with Crippen LogP contribution in [0.3, 0.4) is 0 Å². The molecular formula is C9H9Br2N2-. The van der Waals surface area contributed by atoms with E-state index in [2.05, 4.69) is 44.5 Å². The summed E-state index contributed by atoms with van der Waals surface area (Å²) < 4.78 is 2.09. The minimum atomic E-state index is 0. The first-order valence-electron chi connectivity index (χ1n) is 3.81. The van der Waals surface area contributed by atoms with Crippen molar-refractivity contribution in [2.45, 2.75) is 12.3 Å². The third-order valence-corrected chi connectivity index (χ3v) is 2.46. The number of alkyl halides is 1. The molecule has 0 saturated carbocycles. The molecule has 0 radical (unpaired) electrons. The number of imidazole rings is 1. The molecule has 0 aliphatic rings. The molecule has 0 atom stereocenters. The fraction of sp³-hybridized carbons (Fsp3) is 0.222. The van der Waals surface area contributed by atoms with Crippen LogP contribution in [0.2, 0.25) is 0 Å². The molecule has 0 amide bonds. The summed E-state index contributed by atoms with van der Waals surface area (Å²) in [4.78, 5) is 4.41. The third-order valence-electron chi connectivity index (χ3n) is 1.88. The van der Waals surface area contributed by atoms with Crippen LogP contribution >= 0.6 is 15.9 Å². The van der Waals surface area contributed by atoms with E-state index in [1.807, 2.05) is 12.1 Å². The Labute approximate surface area is 95.9 Å². The van der Waals surface area contributed by atoms with Gasteiger partial charge in [0.05, 0.1) is 5.69 Å². The summed E-state index contributed by atoms with van der Waals surface area (Å²) in [6, 6.07) is 6.11. The van der Waals surface area contributed by atoms with Crippen molar-refractivity contribution < 1.29 is 17.0 Å². The first kappa shape index (κ1) is 10.7. The molecule has 0 aromatic carbocycles. The number of hydrogen-bond acceptors (Lipinski definition) is 1. The SMILES string of the molecule is Cc1cccc2nc(CBr)cn12.[Br-]. The van der Waals surface area contributed by atoms with Crippen LogP contribution in [0.25, 0.3) is 5.65 Å². The highest BCUT2D eigenvalue weighted by atomic mass is 79.9. The Morgan fingerprint density at radius 2 is 2.23 bits per heavy atom. The second-order valence-electron chi connectivity index (χ2n) is 2.76. The second-order valence-corrected chi connectivity index (χ2v) is 3.32. The number of nitrogens with zero attached hydrogens (tertiary/aromatic N) is 2. The molecule has 2 aromatic heterocycles. The van der Waals surface area contributed by atoms with Gasteiger partial charge < -0.3 is 21.4 Å². The van der Waals surface area contributed by atoms with E-state index in [1.165, 1.54) is 5.69 Å². The van der Waals surface area contributed by atoms with E-state index in [1.54, 1.807) is 0 Å². The highest BCUT2D eigenvalue weighted by molar-refractivity contribution is 9.08. The van der Waals surface area contributed by atoms with Crippen molar-refractivity contribution in [3.63, 3.8) is 0 Å². The Bertz CT molecular complexity index is 409. The fourth-order valence-corrected chi connectivity index (χ4v) is 1.53. The second kappa shape index (κ2) is 4.24. The smallest absolute Gasteiger partial charge is 0.137 e. The molecular weight excluding hydrogens is 296 g/mol. The van der Waals surface area contributed by atoms with E-state index < -0.39 is 0 Å². The molecule has 0 unspecified atom stereocenters. The lowest BCUT2D eigenvalue weighted by atomic mass is 10.4. The van der Waals surface area contributed by atoms with E-state index in [4.69, 9.17) is 0 Å². The van der Waals surface area contributed by atoms with Crippen molar-refractivity contribution in [1.82, 2.24) is 9.38 Å². The van der Waals surface area contributed by atoms with Crippen molar-refractivity contribution in [2.75, 3.05) is 0 Å². The van der Waals surface area contributed by atoms with E-state index >= 15 is 0 Å². The van der Waals surface area contributed by atoms with Gasteiger partial charge >= 0.3 is 0 Å². The number of hydrogen-bond donors (Lipinski definition) is 0. The van der Waals surface area contributed by atoms with Crippen molar-refractivity contribution >= 4 is 21.6 Å². The molecule has 0 N–H and O–H groups in total. The fourth-order valence-electron chi connectivity index (χ4n) is 1.26. The Morgan fingerprint density at radius 3 is 2.85 bits per heavy atom. The van der Waals surface area contributed by atoms with Gasteiger partial charge in [0.25, 0.3) is 0 Å². The molecule has 4 heteroatoms. The maximum Gasteiger partial charge on any atom is 0.137 e. The van der Waals surface area contributed by atoms with Gasteiger partial charge in [0.2, 0.25) is 0 Å². The topological polar surface area (TPSA) is 17.3 Å². The Morgan fingerprint density at radius 1 is 1.46 bits per heavy atom. The summed E-state index contributed by atoms with van der Waals surface area (Å²) in [6.45, 7) is 2.08. The lowest BCUT2D eigenvalue weighted by Crippen LogP contribution is -3.00. The predicted molar refractivity (Wildman–Crippen MR) is 52.6 cm³/mol. The monoisotopic (exact) mass is 303 g/mol. The Hall–Kier alpha value is -0.350. The van der Waals surface area contributed by atoms with Gasteiger partial charge in [-0.05, 0) is 19.1 Å². The van der Waals surface area contributed by atoms with Crippen molar-refractivity contribution in [3.8, 4) is 0 Å². The molecule has 2 heterocycles. The van der Waals surface area contributed by atoms with Crippen LogP contribution in [0.1, 0.15) is 11.4 Å². The zero-order chi connectivity index (χ0) is 8.55. The number of pyridine rings is 1. The molecule has 2 rings (SSSR count). The number of rotatable bonds is 1. The Balaban J connectivity index is 0.000000845. The van der Waals surface area contributed by atoms with Crippen LogP contribution in [-0.4, -0.2) is 9.38 Å². The van der Waals surface area contributed by atoms with Gasteiger partial charge in [-0.1, -0.05) is 22.0 Å². The zero-order valence-corrected chi connectivity index (χ0v) is 10.3. The lowest BCUT2D eigenvalue weighted by molar-refractivity contribution is -0.00000258. The molecule has 0 aliphatic carbocycles. The number of fused-ring (bicyclic) bond motifs is 1. The van der Waals surface area contributed by atoms with Crippen LogP contribution in [0.5, 0.6) is 0 Å². The first-order valence-corrected chi connectivity index (χ1v) is 4.93. The third kappa shape index (κ3) is 1.94. The van der Waals surface area contributed by atoms with Gasteiger partial charge in [0, 0.05) is 17.2 Å². The summed E-state index contributed by atoms with van der Waals surface area (Å²) in [5.41, 5.74) is 3.31.